The van der Waals surface area contributed by atoms with Crippen molar-refractivity contribution in [2.45, 2.75) is 25.9 Å². The summed E-state index contributed by atoms with van der Waals surface area (Å²) in [7, 11) is 1.71. The molecule has 0 fully saturated rings. The standard InChI is InChI=1S/C7H17N3O.ClH/c1-5(4-8)10(3)7(11)6(2)9;/h5-6H,4,8-9H2,1-3H3;1H/t5?,6-;/m0./s1. The smallest absolute Gasteiger partial charge is 0.239 e. The van der Waals surface area contributed by atoms with E-state index in [1.807, 2.05) is 6.92 Å². The third kappa shape index (κ3) is 3.90. The van der Waals surface area contributed by atoms with Gasteiger partial charge in [0.05, 0.1) is 6.04 Å². The zero-order chi connectivity index (χ0) is 9.02. The molecule has 0 radical (unpaired) electrons. The van der Waals surface area contributed by atoms with Crippen molar-refractivity contribution in [3.05, 3.63) is 0 Å². The Hall–Kier alpha value is -0.320. The highest BCUT2D eigenvalue weighted by atomic mass is 35.5. The molecule has 1 unspecified atom stereocenters. The Kier molecular flexibility index (Phi) is 7.37. The predicted octanol–water partition coefficient (Wildman–Crippen LogP) is -0.439. The molecule has 0 aliphatic heterocycles. The summed E-state index contributed by atoms with van der Waals surface area (Å²) in [5.74, 6) is -0.0667. The monoisotopic (exact) mass is 195 g/mol. The van der Waals surface area contributed by atoms with E-state index in [2.05, 4.69) is 0 Å². The zero-order valence-electron chi connectivity index (χ0n) is 7.78. The molecule has 0 aromatic heterocycles. The molecule has 2 atom stereocenters. The zero-order valence-corrected chi connectivity index (χ0v) is 8.60. The molecule has 4 nitrogen and oxygen atoms in total. The average Bonchev–Trinajstić information content (AvgIpc) is 2.00. The fraction of sp³-hybridized carbons (Fsp3) is 0.857. The Morgan fingerprint density at radius 3 is 2.17 bits per heavy atom. The van der Waals surface area contributed by atoms with Gasteiger partial charge in [0.25, 0.3) is 0 Å². The van der Waals surface area contributed by atoms with Crippen LogP contribution in [0.2, 0.25) is 0 Å². The summed E-state index contributed by atoms with van der Waals surface area (Å²) in [6.45, 7) is 4.03. The summed E-state index contributed by atoms with van der Waals surface area (Å²) in [6, 6.07) is -0.373. The lowest BCUT2D eigenvalue weighted by Gasteiger charge is -2.25. The molecule has 0 saturated carbocycles. The fourth-order valence-corrected chi connectivity index (χ4v) is 0.697. The van der Waals surface area contributed by atoms with Crippen LogP contribution in [0.4, 0.5) is 0 Å². The van der Waals surface area contributed by atoms with Crippen LogP contribution in [0, 0.1) is 0 Å². The van der Waals surface area contributed by atoms with Gasteiger partial charge in [0.15, 0.2) is 0 Å². The van der Waals surface area contributed by atoms with Gasteiger partial charge in [-0.1, -0.05) is 0 Å². The second-order valence-corrected chi connectivity index (χ2v) is 2.82. The highest BCUT2D eigenvalue weighted by Gasteiger charge is 2.16. The van der Waals surface area contributed by atoms with Gasteiger partial charge < -0.3 is 16.4 Å². The van der Waals surface area contributed by atoms with Gasteiger partial charge in [-0.25, -0.2) is 0 Å². The van der Waals surface area contributed by atoms with E-state index >= 15 is 0 Å². The topological polar surface area (TPSA) is 72.3 Å². The molecule has 4 N–H and O–H groups in total. The number of rotatable bonds is 3. The number of likely N-dealkylation sites (N-methyl/N-ethyl adjacent to an activating group) is 1. The number of carbonyl (C=O) groups is 1. The van der Waals surface area contributed by atoms with Crippen molar-refractivity contribution in [2.75, 3.05) is 13.6 Å². The van der Waals surface area contributed by atoms with E-state index in [1.165, 1.54) is 0 Å². The Morgan fingerprint density at radius 1 is 1.50 bits per heavy atom. The molecule has 0 saturated heterocycles. The van der Waals surface area contributed by atoms with Crippen molar-refractivity contribution in [1.82, 2.24) is 4.90 Å². The molecule has 74 valence electrons. The molecule has 0 aliphatic rings. The SMILES string of the molecule is CC(CN)N(C)C(=O)[C@H](C)N.Cl. The molecule has 0 aliphatic carbocycles. The van der Waals surface area contributed by atoms with E-state index < -0.39 is 6.04 Å². The van der Waals surface area contributed by atoms with Crippen LogP contribution in [0.3, 0.4) is 0 Å². The minimum Gasteiger partial charge on any atom is -0.340 e. The van der Waals surface area contributed by atoms with E-state index in [0.717, 1.165) is 0 Å². The van der Waals surface area contributed by atoms with Crippen molar-refractivity contribution in [2.24, 2.45) is 11.5 Å². The first-order valence-electron chi connectivity index (χ1n) is 3.73. The lowest BCUT2D eigenvalue weighted by molar-refractivity contribution is -0.132. The molecule has 0 aromatic carbocycles. The van der Waals surface area contributed by atoms with Crippen molar-refractivity contribution in [3.8, 4) is 0 Å². The summed E-state index contributed by atoms with van der Waals surface area (Å²) in [5.41, 5.74) is 10.8. The lowest BCUT2D eigenvalue weighted by atomic mass is 10.2. The maximum atomic E-state index is 11.2. The number of amides is 1. The first-order chi connectivity index (χ1) is 5.00. The van der Waals surface area contributed by atoms with Gasteiger partial charge in [0.2, 0.25) is 5.91 Å². The summed E-state index contributed by atoms with van der Waals surface area (Å²) in [6.07, 6.45) is 0. The summed E-state index contributed by atoms with van der Waals surface area (Å²) in [5, 5.41) is 0. The quantitative estimate of drug-likeness (QED) is 0.642. The van der Waals surface area contributed by atoms with Crippen LogP contribution in [0.5, 0.6) is 0 Å². The van der Waals surface area contributed by atoms with Crippen LogP contribution >= 0.6 is 12.4 Å². The van der Waals surface area contributed by atoms with Gasteiger partial charge in [-0.3, -0.25) is 4.79 Å². The second kappa shape index (κ2) is 6.22. The molecule has 1 amide bonds. The first-order valence-corrected chi connectivity index (χ1v) is 3.73. The van der Waals surface area contributed by atoms with Crippen LogP contribution in [-0.4, -0.2) is 36.5 Å². The van der Waals surface area contributed by atoms with Gasteiger partial charge in [-0.2, -0.15) is 0 Å². The number of hydrogen-bond acceptors (Lipinski definition) is 3. The van der Waals surface area contributed by atoms with Gasteiger partial charge in [0, 0.05) is 19.6 Å². The van der Waals surface area contributed by atoms with Crippen molar-refractivity contribution in [1.29, 1.82) is 0 Å². The normalized spacial score (nSPS) is 14.4. The van der Waals surface area contributed by atoms with Crippen LogP contribution < -0.4 is 11.5 Å². The molecule has 0 aromatic rings. The molecule has 0 rings (SSSR count). The summed E-state index contributed by atoms with van der Waals surface area (Å²) in [4.78, 5) is 12.8. The Balaban J connectivity index is 0. The van der Waals surface area contributed by atoms with Crippen LogP contribution in [0.15, 0.2) is 0 Å². The molecular weight excluding hydrogens is 178 g/mol. The Bertz CT molecular complexity index is 141. The minimum absolute atomic E-state index is 0. The largest absolute Gasteiger partial charge is 0.340 e. The van der Waals surface area contributed by atoms with Gasteiger partial charge >= 0.3 is 0 Å². The van der Waals surface area contributed by atoms with E-state index in [4.69, 9.17) is 11.5 Å². The summed E-state index contributed by atoms with van der Waals surface area (Å²) < 4.78 is 0. The van der Waals surface area contributed by atoms with Crippen LogP contribution in [0.1, 0.15) is 13.8 Å². The third-order valence-corrected chi connectivity index (χ3v) is 1.74. The van der Waals surface area contributed by atoms with Crippen molar-refractivity contribution < 1.29 is 4.79 Å². The first kappa shape index (κ1) is 14.2. The van der Waals surface area contributed by atoms with E-state index in [9.17, 15) is 4.79 Å². The molecule has 5 heteroatoms. The average molecular weight is 196 g/mol. The molecule has 12 heavy (non-hydrogen) atoms. The van der Waals surface area contributed by atoms with Crippen LogP contribution in [0.25, 0.3) is 0 Å². The number of nitrogens with two attached hydrogens (primary N) is 2. The van der Waals surface area contributed by atoms with Gasteiger partial charge in [0.1, 0.15) is 0 Å². The van der Waals surface area contributed by atoms with Crippen LogP contribution in [-0.2, 0) is 4.79 Å². The highest BCUT2D eigenvalue weighted by Crippen LogP contribution is 1.95. The molecule has 0 spiro atoms. The molecule has 0 bridgehead atoms. The lowest BCUT2D eigenvalue weighted by Crippen LogP contribution is -2.46. The van der Waals surface area contributed by atoms with E-state index in [0.29, 0.717) is 6.54 Å². The number of halogens is 1. The highest BCUT2D eigenvalue weighted by molar-refractivity contribution is 5.85. The van der Waals surface area contributed by atoms with Crippen molar-refractivity contribution >= 4 is 18.3 Å². The molecular formula is C7H18ClN3O. The maximum Gasteiger partial charge on any atom is 0.239 e. The number of carbonyl (C=O) groups excluding carboxylic acids is 1. The number of nitrogens with zero attached hydrogens (tertiary/aromatic N) is 1. The van der Waals surface area contributed by atoms with E-state index in [-0.39, 0.29) is 24.4 Å². The molecule has 0 heterocycles. The second-order valence-electron chi connectivity index (χ2n) is 2.82. The van der Waals surface area contributed by atoms with E-state index in [1.54, 1.807) is 18.9 Å². The number of hydrogen-bond donors (Lipinski definition) is 2. The Morgan fingerprint density at radius 2 is 1.92 bits per heavy atom. The predicted molar refractivity (Wildman–Crippen MR) is 52.2 cm³/mol. The summed E-state index contributed by atoms with van der Waals surface area (Å²) >= 11 is 0. The Labute approximate surface area is 79.7 Å². The fourth-order valence-electron chi connectivity index (χ4n) is 0.697. The third-order valence-electron chi connectivity index (χ3n) is 1.74. The van der Waals surface area contributed by atoms with Gasteiger partial charge in [-0.15, -0.1) is 12.4 Å². The van der Waals surface area contributed by atoms with Gasteiger partial charge in [-0.05, 0) is 13.8 Å². The maximum absolute atomic E-state index is 11.2. The minimum atomic E-state index is -0.436. The van der Waals surface area contributed by atoms with Crippen molar-refractivity contribution in [3.63, 3.8) is 0 Å².